The van der Waals surface area contributed by atoms with Gasteiger partial charge in [0.1, 0.15) is 0 Å². The number of rotatable bonds is 0. The summed E-state index contributed by atoms with van der Waals surface area (Å²) in [5, 5.41) is 12.6. The van der Waals surface area contributed by atoms with Crippen molar-refractivity contribution in [2.45, 2.75) is 24.5 Å². The highest BCUT2D eigenvalue weighted by atomic mass is 16.3. The van der Waals surface area contributed by atoms with E-state index in [9.17, 15) is 5.11 Å². The van der Waals surface area contributed by atoms with Crippen LogP contribution in [0.3, 0.4) is 0 Å². The third-order valence-electron chi connectivity index (χ3n) is 2.41. The predicted octanol–water partition coefficient (Wildman–Crippen LogP) is 0.0393. The summed E-state index contributed by atoms with van der Waals surface area (Å²) in [4.78, 5) is 0. The zero-order valence-corrected chi connectivity index (χ0v) is 5.30. The van der Waals surface area contributed by atoms with Crippen LogP contribution in [0.2, 0.25) is 0 Å². The molecule has 2 nitrogen and oxygen atoms in total. The molecule has 2 heteroatoms. The van der Waals surface area contributed by atoms with Gasteiger partial charge in [-0.3, -0.25) is 0 Å². The van der Waals surface area contributed by atoms with Gasteiger partial charge < -0.3 is 10.4 Å². The molecule has 1 aliphatic carbocycles. The number of aliphatic hydroxyl groups is 1. The summed E-state index contributed by atoms with van der Waals surface area (Å²) in [6, 6.07) is 0. The number of hydrogen-bond acceptors (Lipinski definition) is 2. The second-order valence-corrected chi connectivity index (χ2v) is 2.91. The van der Waals surface area contributed by atoms with Crippen molar-refractivity contribution in [3.8, 4) is 0 Å². The molecule has 1 fully saturated rings. The number of nitrogens with one attached hydrogen (secondary N) is 1. The third kappa shape index (κ3) is 0.575. The highest BCUT2D eigenvalue weighted by Gasteiger charge is 2.43. The molecule has 0 bridgehead atoms. The Labute approximate surface area is 54.6 Å². The van der Waals surface area contributed by atoms with E-state index in [1.165, 1.54) is 0 Å². The summed E-state index contributed by atoms with van der Waals surface area (Å²) in [6.07, 6.45) is 5.84. The molecule has 2 N–H and O–H groups in total. The van der Waals surface area contributed by atoms with Gasteiger partial charge in [-0.25, -0.2) is 0 Å². The van der Waals surface area contributed by atoms with Crippen LogP contribution in [0, 0.1) is 0 Å². The van der Waals surface area contributed by atoms with Crippen LogP contribution in [0.15, 0.2) is 12.2 Å². The molecule has 2 unspecified atom stereocenters. The minimum absolute atomic E-state index is 0.0694. The minimum Gasteiger partial charge on any atom is -0.387 e. The van der Waals surface area contributed by atoms with Crippen molar-refractivity contribution in [2.24, 2.45) is 0 Å². The smallest absolute Gasteiger partial charge is 0.0906 e. The van der Waals surface area contributed by atoms with Crippen LogP contribution in [-0.4, -0.2) is 23.3 Å². The van der Waals surface area contributed by atoms with Gasteiger partial charge in [-0.2, -0.15) is 0 Å². The van der Waals surface area contributed by atoms with Gasteiger partial charge in [0.25, 0.3) is 0 Å². The van der Waals surface area contributed by atoms with Crippen LogP contribution in [-0.2, 0) is 0 Å². The van der Waals surface area contributed by atoms with E-state index in [1.807, 2.05) is 6.08 Å². The van der Waals surface area contributed by atoms with Crippen molar-refractivity contribution in [2.75, 3.05) is 6.54 Å². The summed E-state index contributed by atoms with van der Waals surface area (Å²) >= 11 is 0. The summed E-state index contributed by atoms with van der Waals surface area (Å²) in [6.45, 7) is 1.07. The van der Waals surface area contributed by atoms with Crippen LogP contribution >= 0.6 is 0 Å². The molecule has 0 aromatic heterocycles. The van der Waals surface area contributed by atoms with Crippen LogP contribution in [0.4, 0.5) is 0 Å². The fraction of sp³-hybridized carbons (Fsp3) is 0.714. The lowest BCUT2D eigenvalue weighted by Crippen LogP contribution is -2.61. The summed E-state index contributed by atoms with van der Waals surface area (Å²) in [7, 11) is 0. The van der Waals surface area contributed by atoms with Gasteiger partial charge in [0.15, 0.2) is 0 Å². The van der Waals surface area contributed by atoms with Gasteiger partial charge >= 0.3 is 0 Å². The van der Waals surface area contributed by atoms with Crippen molar-refractivity contribution in [1.82, 2.24) is 5.32 Å². The average Bonchev–Trinajstić information content (AvgIpc) is 2.07. The normalized spacial score (nSPS) is 47.9. The first-order chi connectivity index (χ1) is 4.33. The zero-order valence-electron chi connectivity index (χ0n) is 5.30. The fourth-order valence-electron chi connectivity index (χ4n) is 1.58. The standard InChI is InChI=1S/C7H11NO/c9-6-2-1-3-7(6)4-5-8-7/h1-2,6,8-9H,3-5H2. The molecule has 0 aromatic carbocycles. The lowest BCUT2D eigenvalue weighted by molar-refractivity contribution is 0.0609. The first-order valence-corrected chi connectivity index (χ1v) is 3.43. The largest absolute Gasteiger partial charge is 0.387 e. The van der Waals surface area contributed by atoms with Gasteiger partial charge in [0.05, 0.1) is 11.6 Å². The van der Waals surface area contributed by atoms with Crippen LogP contribution < -0.4 is 5.32 Å². The Kier molecular flexibility index (Phi) is 0.957. The van der Waals surface area contributed by atoms with Gasteiger partial charge in [0, 0.05) is 0 Å². The Morgan fingerprint density at radius 2 is 2.44 bits per heavy atom. The molecular weight excluding hydrogens is 114 g/mol. The van der Waals surface area contributed by atoms with Crippen molar-refractivity contribution in [3.05, 3.63) is 12.2 Å². The lowest BCUT2D eigenvalue weighted by atomic mass is 9.84. The lowest BCUT2D eigenvalue weighted by Gasteiger charge is -2.42. The second kappa shape index (κ2) is 1.58. The molecule has 2 atom stereocenters. The Hall–Kier alpha value is -0.340. The van der Waals surface area contributed by atoms with Gasteiger partial charge in [-0.1, -0.05) is 12.2 Å². The highest BCUT2D eigenvalue weighted by molar-refractivity contribution is 5.18. The summed E-state index contributed by atoms with van der Waals surface area (Å²) in [5.74, 6) is 0. The molecule has 9 heavy (non-hydrogen) atoms. The van der Waals surface area contributed by atoms with E-state index < -0.39 is 0 Å². The molecule has 1 spiro atoms. The molecule has 1 aliphatic heterocycles. The van der Waals surface area contributed by atoms with Crippen molar-refractivity contribution < 1.29 is 5.11 Å². The molecule has 2 rings (SSSR count). The fourth-order valence-corrected chi connectivity index (χ4v) is 1.58. The second-order valence-electron chi connectivity index (χ2n) is 2.91. The predicted molar refractivity (Wildman–Crippen MR) is 35.1 cm³/mol. The van der Waals surface area contributed by atoms with Gasteiger partial charge in [-0.15, -0.1) is 0 Å². The Morgan fingerprint density at radius 1 is 1.67 bits per heavy atom. The third-order valence-corrected chi connectivity index (χ3v) is 2.41. The van der Waals surface area contributed by atoms with E-state index >= 15 is 0 Å². The first kappa shape index (κ1) is 5.45. The van der Waals surface area contributed by atoms with E-state index in [2.05, 4.69) is 11.4 Å². The molecular formula is C7H11NO. The minimum atomic E-state index is -0.230. The molecule has 0 saturated carbocycles. The van der Waals surface area contributed by atoms with Crippen molar-refractivity contribution in [1.29, 1.82) is 0 Å². The Balaban J connectivity index is 2.13. The highest BCUT2D eigenvalue weighted by Crippen LogP contribution is 2.32. The van der Waals surface area contributed by atoms with E-state index in [-0.39, 0.29) is 11.6 Å². The maximum absolute atomic E-state index is 9.35. The quantitative estimate of drug-likeness (QED) is 0.448. The topological polar surface area (TPSA) is 32.3 Å². The monoisotopic (exact) mass is 125 g/mol. The zero-order chi connectivity index (χ0) is 6.32. The average molecular weight is 125 g/mol. The summed E-state index contributed by atoms with van der Waals surface area (Å²) in [5.41, 5.74) is 0.0694. The van der Waals surface area contributed by atoms with E-state index in [0.717, 1.165) is 19.4 Å². The number of aliphatic hydroxyl groups excluding tert-OH is 1. The first-order valence-electron chi connectivity index (χ1n) is 3.43. The molecule has 1 saturated heterocycles. The van der Waals surface area contributed by atoms with Crippen LogP contribution in [0.25, 0.3) is 0 Å². The SMILES string of the molecule is OC1C=CCC12CCN2. The number of hydrogen-bond donors (Lipinski definition) is 2. The Bertz CT molecular complexity index is 149. The van der Waals surface area contributed by atoms with Crippen LogP contribution in [0.1, 0.15) is 12.8 Å². The van der Waals surface area contributed by atoms with Gasteiger partial charge in [0.2, 0.25) is 0 Å². The van der Waals surface area contributed by atoms with E-state index in [0.29, 0.717) is 0 Å². The maximum atomic E-state index is 9.35. The molecule has 0 aromatic rings. The Morgan fingerprint density at radius 3 is 2.67 bits per heavy atom. The summed E-state index contributed by atoms with van der Waals surface area (Å²) < 4.78 is 0. The van der Waals surface area contributed by atoms with E-state index in [4.69, 9.17) is 0 Å². The van der Waals surface area contributed by atoms with Gasteiger partial charge in [-0.05, 0) is 19.4 Å². The molecule has 50 valence electrons. The maximum Gasteiger partial charge on any atom is 0.0906 e. The molecule has 2 aliphatic rings. The van der Waals surface area contributed by atoms with Crippen LogP contribution in [0.5, 0.6) is 0 Å². The van der Waals surface area contributed by atoms with Crippen molar-refractivity contribution >= 4 is 0 Å². The molecule has 0 amide bonds. The van der Waals surface area contributed by atoms with E-state index in [1.54, 1.807) is 0 Å². The molecule has 0 radical (unpaired) electrons. The molecule has 1 heterocycles. The van der Waals surface area contributed by atoms with Crippen molar-refractivity contribution in [3.63, 3.8) is 0 Å².